The molecule has 0 atom stereocenters. The highest BCUT2D eigenvalue weighted by molar-refractivity contribution is 5.66. The summed E-state index contributed by atoms with van der Waals surface area (Å²) in [6.07, 6.45) is 6.78. The monoisotopic (exact) mass is 194 g/mol. The Bertz CT molecular complexity index is 259. The fourth-order valence-corrected chi connectivity index (χ4v) is 0.804. The molecule has 0 N–H and O–H groups in total. The van der Waals surface area contributed by atoms with Crippen LogP contribution in [0.3, 0.4) is 0 Å². The van der Waals surface area contributed by atoms with Gasteiger partial charge < -0.3 is 4.74 Å². The zero-order valence-electron chi connectivity index (χ0n) is 9.17. The van der Waals surface area contributed by atoms with Crippen molar-refractivity contribution in [3.8, 4) is 0 Å². The Morgan fingerprint density at radius 2 is 1.93 bits per heavy atom. The fraction of sp³-hybridized carbons (Fsp3) is 0.417. The minimum Gasteiger partial charge on any atom is -0.461 e. The zero-order chi connectivity index (χ0) is 11.0. The van der Waals surface area contributed by atoms with Gasteiger partial charge in [-0.15, -0.1) is 0 Å². The molecule has 0 unspecified atom stereocenters. The summed E-state index contributed by atoms with van der Waals surface area (Å²) in [6, 6.07) is 0. The van der Waals surface area contributed by atoms with Gasteiger partial charge in [0.1, 0.15) is 6.61 Å². The number of hydrogen-bond donors (Lipinski definition) is 0. The highest BCUT2D eigenvalue weighted by Gasteiger charge is 1.92. The van der Waals surface area contributed by atoms with Crippen molar-refractivity contribution in [3.63, 3.8) is 0 Å². The Balaban J connectivity index is 3.88. The molecule has 0 aliphatic rings. The number of rotatable bonds is 5. The van der Waals surface area contributed by atoms with Gasteiger partial charge >= 0.3 is 5.97 Å². The third kappa shape index (κ3) is 7.35. The first-order valence-electron chi connectivity index (χ1n) is 4.64. The van der Waals surface area contributed by atoms with Gasteiger partial charge in [0, 0.05) is 6.92 Å². The molecule has 0 aromatic heterocycles. The predicted octanol–water partition coefficient (Wildman–Crippen LogP) is 3.02. The lowest BCUT2D eigenvalue weighted by atomic mass is 10.2. The Hall–Kier alpha value is -1.31. The van der Waals surface area contributed by atoms with Crippen LogP contribution in [0.15, 0.2) is 36.0 Å². The van der Waals surface area contributed by atoms with Gasteiger partial charge in [-0.25, -0.2) is 0 Å². The number of carbonyl (C=O) groups excluding carboxylic acids is 1. The molecule has 0 rings (SSSR count). The molecule has 2 heteroatoms. The second-order valence-electron chi connectivity index (χ2n) is 3.22. The quantitative estimate of drug-likeness (QED) is 0.382. The maximum atomic E-state index is 10.5. The molecule has 0 spiro atoms. The third-order valence-electron chi connectivity index (χ3n) is 1.73. The SMILES string of the molecule is C=C/C(C)=C/C/C=C(\C)COC(C)=O. The number of esters is 1. The normalized spacial score (nSPS) is 12.5. The van der Waals surface area contributed by atoms with Crippen LogP contribution < -0.4 is 0 Å². The summed E-state index contributed by atoms with van der Waals surface area (Å²) in [5.74, 6) is -0.240. The number of carbonyl (C=O) groups is 1. The molecule has 0 aliphatic heterocycles. The Kier molecular flexibility index (Phi) is 6.46. The first-order chi connectivity index (χ1) is 6.56. The Morgan fingerprint density at radius 3 is 2.43 bits per heavy atom. The average molecular weight is 194 g/mol. The minimum atomic E-state index is -0.240. The van der Waals surface area contributed by atoms with Crippen molar-refractivity contribution in [2.75, 3.05) is 6.61 Å². The predicted molar refractivity (Wildman–Crippen MR) is 59.0 cm³/mol. The highest BCUT2D eigenvalue weighted by atomic mass is 16.5. The highest BCUT2D eigenvalue weighted by Crippen LogP contribution is 2.01. The van der Waals surface area contributed by atoms with E-state index < -0.39 is 0 Å². The maximum absolute atomic E-state index is 10.5. The summed E-state index contributed by atoms with van der Waals surface area (Å²) in [6.45, 7) is 9.40. The number of ether oxygens (including phenoxy) is 1. The molecular formula is C12H18O2. The summed E-state index contributed by atoms with van der Waals surface area (Å²) < 4.78 is 4.84. The van der Waals surface area contributed by atoms with Crippen molar-refractivity contribution >= 4 is 5.97 Å². The van der Waals surface area contributed by atoms with Gasteiger partial charge in [-0.3, -0.25) is 4.79 Å². The van der Waals surface area contributed by atoms with Crippen LogP contribution in [-0.2, 0) is 9.53 Å². The number of hydrogen-bond acceptors (Lipinski definition) is 2. The van der Waals surface area contributed by atoms with Crippen LogP contribution in [0.2, 0.25) is 0 Å². The van der Waals surface area contributed by atoms with E-state index in [2.05, 4.69) is 12.7 Å². The lowest BCUT2D eigenvalue weighted by Gasteiger charge is -2.00. The summed E-state index contributed by atoms with van der Waals surface area (Å²) in [7, 11) is 0. The van der Waals surface area contributed by atoms with E-state index >= 15 is 0 Å². The van der Waals surface area contributed by atoms with E-state index in [-0.39, 0.29) is 5.97 Å². The van der Waals surface area contributed by atoms with E-state index in [1.54, 1.807) is 0 Å². The molecule has 0 amide bonds. The second kappa shape index (κ2) is 7.13. The smallest absolute Gasteiger partial charge is 0.302 e. The van der Waals surface area contributed by atoms with Gasteiger partial charge in [0.2, 0.25) is 0 Å². The number of allylic oxidation sites excluding steroid dienone is 4. The zero-order valence-corrected chi connectivity index (χ0v) is 9.17. The van der Waals surface area contributed by atoms with E-state index in [0.717, 1.165) is 17.6 Å². The van der Waals surface area contributed by atoms with Crippen LogP contribution in [0.1, 0.15) is 27.2 Å². The van der Waals surface area contributed by atoms with E-state index in [9.17, 15) is 4.79 Å². The first-order valence-corrected chi connectivity index (χ1v) is 4.64. The molecule has 14 heavy (non-hydrogen) atoms. The van der Waals surface area contributed by atoms with Crippen LogP contribution in [0.25, 0.3) is 0 Å². The molecule has 2 nitrogen and oxygen atoms in total. The van der Waals surface area contributed by atoms with Crippen molar-refractivity contribution in [3.05, 3.63) is 36.0 Å². The summed E-state index contributed by atoms with van der Waals surface area (Å²) in [5, 5.41) is 0. The first kappa shape index (κ1) is 12.7. The molecule has 0 heterocycles. The minimum absolute atomic E-state index is 0.240. The van der Waals surface area contributed by atoms with Crippen molar-refractivity contribution in [1.82, 2.24) is 0 Å². The van der Waals surface area contributed by atoms with Crippen LogP contribution in [0.5, 0.6) is 0 Å². The van der Waals surface area contributed by atoms with Gasteiger partial charge in [-0.05, 0) is 25.8 Å². The van der Waals surface area contributed by atoms with Gasteiger partial charge in [0.25, 0.3) is 0 Å². The summed E-state index contributed by atoms with van der Waals surface area (Å²) in [4.78, 5) is 10.5. The van der Waals surface area contributed by atoms with Crippen LogP contribution in [0.4, 0.5) is 0 Å². The lowest BCUT2D eigenvalue weighted by Crippen LogP contribution is -2.01. The molecule has 78 valence electrons. The molecular weight excluding hydrogens is 176 g/mol. The van der Waals surface area contributed by atoms with Gasteiger partial charge in [0.15, 0.2) is 0 Å². The van der Waals surface area contributed by atoms with Crippen LogP contribution in [-0.4, -0.2) is 12.6 Å². The van der Waals surface area contributed by atoms with E-state index in [1.807, 2.05) is 26.0 Å². The largest absolute Gasteiger partial charge is 0.461 e. The maximum Gasteiger partial charge on any atom is 0.302 e. The van der Waals surface area contributed by atoms with E-state index in [1.165, 1.54) is 6.92 Å². The third-order valence-corrected chi connectivity index (χ3v) is 1.73. The fourth-order valence-electron chi connectivity index (χ4n) is 0.804. The molecule has 0 aliphatic carbocycles. The molecule has 0 aromatic carbocycles. The Morgan fingerprint density at radius 1 is 1.29 bits per heavy atom. The van der Waals surface area contributed by atoms with Crippen molar-refractivity contribution in [2.45, 2.75) is 27.2 Å². The molecule has 0 saturated carbocycles. The molecule has 0 saturated heterocycles. The summed E-state index contributed by atoms with van der Waals surface area (Å²) in [5.41, 5.74) is 2.22. The summed E-state index contributed by atoms with van der Waals surface area (Å²) >= 11 is 0. The standard InChI is InChI=1S/C12H18O2/c1-5-10(2)7-6-8-11(3)9-14-12(4)13/h5,7-8H,1,6,9H2,2-4H3/b10-7+,11-8+. The molecule has 0 aromatic rings. The van der Waals surface area contributed by atoms with Crippen molar-refractivity contribution in [2.24, 2.45) is 0 Å². The van der Waals surface area contributed by atoms with Gasteiger partial charge in [-0.1, -0.05) is 30.4 Å². The van der Waals surface area contributed by atoms with Crippen molar-refractivity contribution in [1.29, 1.82) is 0 Å². The Labute approximate surface area is 86.0 Å². The molecule has 0 radical (unpaired) electrons. The van der Waals surface area contributed by atoms with E-state index in [0.29, 0.717) is 6.61 Å². The van der Waals surface area contributed by atoms with Gasteiger partial charge in [0.05, 0.1) is 0 Å². The van der Waals surface area contributed by atoms with E-state index in [4.69, 9.17) is 4.74 Å². The molecule has 0 bridgehead atoms. The second-order valence-corrected chi connectivity index (χ2v) is 3.22. The molecule has 0 fully saturated rings. The van der Waals surface area contributed by atoms with Crippen molar-refractivity contribution < 1.29 is 9.53 Å². The van der Waals surface area contributed by atoms with Crippen LogP contribution in [0, 0.1) is 0 Å². The lowest BCUT2D eigenvalue weighted by molar-refractivity contribution is -0.139. The van der Waals surface area contributed by atoms with Gasteiger partial charge in [-0.2, -0.15) is 0 Å². The average Bonchev–Trinajstić information content (AvgIpc) is 2.14. The topological polar surface area (TPSA) is 26.3 Å². The van der Waals surface area contributed by atoms with Crippen LogP contribution >= 0.6 is 0 Å².